The molecular formula is C14H14Cl2N2O. The third-order valence-electron chi connectivity index (χ3n) is 2.63. The molecule has 2 atom stereocenters. The molecule has 1 aromatic carbocycles. The second-order valence-corrected chi connectivity index (χ2v) is 4.99. The van der Waals surface area contributed by atoms with Crippen molar-refractivity contribution in [3.05, 3.63) is 58.3 Å². The Morgan fingerprint density at radius 1 is 1.16 bits per heavy atom. The maximum absolute atomic E-state index is 6.11. The zero-order chi connectivity index (χ0) is 13.8. The molecule has 0 amide bonds. The van der Waals surface area contributed by atoms with Crippen LogP contribution in [0.5, 0.6) is 5.75 Å². The molecule has 2 N–H and O–H groups in total. The molecule has 0 aliphatic heterocycles. The number of hydrogen-bond donors (Lipinski definition) is 1. The molecule has 0 aliphatic rings. The Morgan fingerprint density at radius 3 is 2.58 bits per heavy atom. The first-order valence-electron chi connectivity index (χ1n) is 5.86. The predicted octanol–water partition coefficient (Wildman–Crippen LogP) is 3.86. The summed E-state index contributed by atoms with van der Waals surface area (Å²) < 4.78 is 5.87. The van der Waals surface area contributed by atoms with Crippen LogP contribution in [0.3, 0.4) is 0 Å². The molecule has 0 saturated heterocycles. The molecule has 5 heteroatoms. The summed E-state index contributed by atoms with van der Waals surface area (Å²) in [5.41, 5.74) is 6.72. The first-order chi connectivity index (χ1) is 9.09. The van der Waals surface area contributed by atoms with Crippen LogP contribution >= 0.6 is 23.2 Å². The average Bonchev–Trinajstić information content (AvgIpc) is 2.41. The first kappa shape index (κ1) is 14.1. The molecule has 3 nitrogen and oxygen atoms in total. The molecule has 0 aliphatic carbocycles. The fourth-order valence-corrected chi connectivity index (χ4v) is 2.03. The fraction of sp³-hybridized carbons (Fsp3) is 0.214. The van der Waals surface area contributed by atoms with E-state index < -0.39 is 0 Å². The monoisotopic (exact) mass is 296 g/mol. The molecule has 0 bridgehead atoms. The Morgan fingerprint density at radius 2 is 1.95 bits per heavy atom. The summed E-state index contributed by atoms with van der Waals surface area (Å²) in [6, 6.07) is 10.6. The molecule has 0 saturated carbocycles. The molecule has 1 heterocycles. The lowest BCUT2D eigenvalue weighted by molar-refractivity contribution is 0.176. The smallest absolute Gasteiger partial charge is 0.155 e. The zero-order valence-electron chi connectivity index (χ0n) is 10.4. The largest absolute Gasteiger partial charge is 0.481 e. The van der Waals surface area contributed by atoms with Gasteiger partial charge in [-0.3, -0.25) is 4.98 Å². The van der Waals surface area contributed by atoms with Crippen molar-refractivity contribution in [3.8, 4) is 5.75 Å². The molecule has 2 rings (SSSR count). The highest BCUT2D eigenvalue weighted by Gasteiger charge is 2.21. The van der Waals surface area contributed by atoms with Gasteiger partial charge in [-0.25, -0.2) is 0 Å². The Hall–Kier alpha value is -1.29. The number of aromatic nitrogens is 1. The van der Waals surface area contributed by atoms with E-state index in [1.165, 1.54) is 0 Å². The second-order valence-electron chi connectivity index (χ2n) is 4.20. The van der Waals surface area contributed by atoms with Gasteiger partial charge in [-0.1, -0.05) is 35.3 Å². The van der Waals surface area contributed by atoms with Gasteiger partial charge in [0.15, 0.2) is 6.10 Å². The number of pyridine rings is 1. The predicted molar refractivity (Wildman–Crippen MR) is 77.7 cm³/mol. The Balaban J connectivity index is 2.30. The van der Waals surface area contributed by atoms with Crippen molar-refractivity contribution in [2.45, 2.75) is 19.1 Å². The van der Waals surface area contributed by atoms with E-state index in [2.05, 4.69) is 4.98 Å². The van der Waals surface area contributed by atoms with Crippen molar-refractivity contribution in [1.29, 1.82) is 0 Å². The summed E-state index contributed by atoms with van der Waals surface area (Å²) in [6.07, 6.45) is 1.32. The maximum Gasteiger partial charge on any atom is 0.155 e. The Bertz CT molecular complexity index is 546. The lowest BCUT2D eigenvalue weighted by Crippen LogP contribution is -2.29. The van der Waals surface area contributed by atoms with E-state index in [0.29, 0.717) is 15.8 Å². The minimum absolute atomic E-state index is 0.232. The molecule has 19 heavy (non-hydrogen) atoms. The molecule has 2 aromatic rings. The van der Waals surface area contributed by atoms with E-state index in [1.807, 2.05) is 25.1 Å². The van der Waals surface area contributed by atoms with E-state index in [1.54, 1.807) is 24.4 Å². The van der Waals surface area contributed by atoms with Gasteiger partial charge >= 0.3 is 0 Å². The van der Waals surface area contributed by atoms with Crippen LogP contribution in [0.15, 0.2) is 42.6 Å². The van der Waals surface area contributed by atoms with Gasteiger partial charge in [0.25, 0.3) is 0 Å². The van der Waals surface area contributed by atoms with Crippen LogP contribution in [0.1, 0.15) is 18.7 Å². The van der Waals surface area contributed by atoms with E-state index in [-0.39, 0.29) is 12.1 Å². The van der Waals surface area contributed by atoms with Crippen LogP contribution in [0.2, 0.25) is 10.0 Å². The van der Waals surface area contributed by atoms with E-state index in [9.17, 15) is 0 Å². The van der Waals surface area contributed by atoms with Gasteiger partial charge in [0.2, 0.25) is 0 Å². The third kappa shape index (κ3) is 3.38. The quantitative estimate of drug-likeness (QED) is 0.932. The molecule has 0 spiro atoms. The van der Waals surface area contributed by atoms with Gasteiger partial charge in [-0.05, 0) is 31.2 Å². The number of ether oxygens (including phenoxy) is 1. The number of halogens is 2. The van der Waals surface area contributed by atoms with Crippen molar-refractivity contribution < 1.29 is 4.74 Å². The highest BCUT2D eigenvalue weighted by Crippen LogP contribution is 2.34. The molecule has 0 radical (unpaired) electrons. The maximum atomic E-state index is 6.11. The molecule has 2 unspecified atom stereocenters. The van der Waals surface area contributed by atoms with Gasteiger partial charge in [0.05, 0.1) is 10.7 Å². The van der Waals surface area contributed by atoms with Crippen LogP contribution in [0.25, 0.3) is 0 Å². The van der Waals surface area contributed by atoms with E-state index in [4.69, 9.17) is 33.7 Å². The average molecular weight is 297 g/mol. The Kier molecular flexibility index (Phi) is 4.64. The minimum Gasteiger partial charge on any atom is -0.481 e. The summed E-state index contributed by atoms with van der Waals surface area (Å²) in [4.78, 5) is 4.27. The molecule has 1 aromatic heterocycles. The van der Waals surface area contributed by atoms with Gasteiger partial charge in [0, 0.05) is 12.2 Å². The molecule has 0 fully saturated rings. The van der Waals surface area contributed by atoms with Gasteiger partial charge < -0.3 is 10.5 Å². The topological polar surface area (TPSA) is 48.1 Å². The number of nitrogens with two attached hydrogens (primary N) is 1. The van der Waals surface area contributed by atoms with Crippen LogP contribution in [0, 0.1) is 0 Å². The van der Waals surface area contributed by atoms with Crippen molar-refractivity contribution in [2.24, 2.45) is 5.73 Å². The summed E-state index contributed by atoms with van der Waals surface area (Å²) in [5.74, 6) is 0.502. The van der Waals surface area contributed by atoms with Gasteiger partial charge in [0.1, 0.15) is 10.8 Å². The summed E-state index contributed by atoms with van der Waals surface area (Å²) in [5, 5.41) is 0.828. The summed E-state index contributed by atoms with van der Waals surface area (Å²) >= 11 is 12.1. The molecule has 100 valence electrons. The highest BCUT2D eigenvalue weighted by molar-refractivity contribution is 6.42. The fourth-order valence-electron chi connectivity index (χ4n) is 1.69. The number of rotatable bonds is 4. The van der Waals surface area contributed by atoms with Crippen molar-refractivity contribution in [3.63, 3.8) is 0 Å². The normalized spacial score (nSPS) is 13.9. The second kappa shape index (κ2) is 6.24. The van der Waals surface area contributed by atoms with Crippen molar-refractivity contribution in [1.82, 2.24) is 4.98 Å². The number of nitrogens with zero attached hydrogens (tertiary/aromatic N) is 1. The molecular weight excluding hydrogens is 283 g/mol. The van der Waals surface area contributed by atoms with E-state index >= 15 is 0 Å². The standard InChI is InChI=1S/C14H14Cl2N2O/c1-9(17)14(11-6-2-3-8-18-11)19-12-7-4-5-10(15)13(12)16/h2-9,14H,17H2,1H3. The van der Waals surface area contributed by atoms with Crippen LogP contribution in [-0.2, 0) is 0 Å². The van der Waals surface area contributed by atoms with Crippen molar-refractivity contribution in [2.75, 3.05) is 0 Å². The zero-order valence-corrected chi connectivity index (χ0v) is 11.9. The SMILES string of the molecule is CC(N)C(Oc1cccc(Cl)c1Cl)c1ccccn1. The van der Waals surface area contributed by atoms with Crippen molar-refractivity contribution >= 4 is 23.2 Å². The van der Waals surface area contributed by atoms with Crippen LogP contribution < -0.4 is 10.5 Å². The lowest BCUT2D eigenvalue weighted by atomic mass is 10.1. The Labute approximate surface area is 122 Å². The van der Waals surface area contributed by atoms with Gasteiger partial charge in [-0.2, -0.15) is 0 Å². The van der Waals surface area contributed by atoms with Gasteiger partial charge in [-0.15, -0.1) is 0 Å². The minimum atomic E-state index is -0.378. The third-order valence-corrected chi connectivity index (χ3v) is 3.43. The first-order valence-corrected chi connectivity index (χ1v) is 6.62. The highest BCUT2D eigenvalue weighted by atomic mass is 35.5. The van der Waals surface area contributed by atoms with Crippen LogP contribution in [-0.4, -0.2) is 11.0 Å². The summed E-state index contributed by atoms with van der Waals surface area (Å²) in [6.45, 7) is 1.86. The summed E-state index contributed by atoms with van der Waals surface area (Å²) in [7, 11) is 0. The number of benzene rings is 1. The number of hydrogen-bond acceptors (Lipinski definition) is 3. The van der Waals surface area contributed by atoms with E-state index in [0.717, 1.165) is 5.69 Å². The van der Waals surface area contributed by atoms with Crippen LogP contribution in [0.4, 0.5) is 0 Å². The lowest BCUT2D eigenvalue weighted by Gasteiger charge is -2.22.